The van der Waals surface area contributed by atoms with E-state index in [-0.39, 0.29) is 6.54 Å². The van der Waals surface area contributed by atoms with Crippen molar-refractivity contribution in [2.24, 2.45) is 4.99 Å². The fourth-order valence-electron chi connectivity index (χ4n) is 2.91. The van der Waals surface area contributed by atoms with Gasteiger partial charge in [0.15, 0.2) is 5.96 Å². The number of hydrogen-bond acceptors (Lipinski definition) is 2. The van der Waals surface area contributed by atoms with Crippen molar-refractivity contribution in [2.75, 3.05) is 13.6 Å². The highest BCUT2D eigenvalue weighted by molar-refractivity contribution is 5.79. The van der Waals surface area contributed by atoms with Crippen LogP contribution in [0.3, 0.4) is 0 Å². The molecule has 1 heterocycles. The number of para-hydroxylation sites is 2. The number of benzene rings is 2. The van der Waals surface area contributed by atoms with E-state index in [4.69, 9.17) is 0 Å². The molecule has 0 atom stereocenters. The molecule has 3 rings (SSSR count). The predicted octanol–water partition coefficient (Wildman–Crippen LogP) is 3.81. The van der Waals surface area contributed by atoms with Crippen LogP contribution >= 0.6 is 0 Å². The second kappa shape index (κ2) is 8.77. The number of imidazole rings is 1. The summed E-state index contributed by atoms with van der Waals surface area (Å²) in [5, 5.41) is 6.22. The summed E-state index contributed by atoms with van der Waals surface area (Å²) in [4.78, 5) is 8.47. The molecule has 3 aromatic rings. The zero-order valence-electron chi connectivity index (χ0n) is 15.5. The van der Waals surface area contributed by atoms with E-state index >= 15 is 0 Å². The van der Waals surface area contributed by atoms with Crippen LogP contribution in [-0.2, 0) is 19.3 Å². The number of guanidine groups is 1. The molecular formula is C20H22F3N5. The number of aryl methyl sites for hydroxylation is 1. The average molecular weight is 389 g/mol. The first kappa shape index (κ1) is 19.7. The van der Waals surface area contributed by atoms with Crippen molar-refractivity contribution in [3.63, 3.8) is 0 Å². The first-order valence-electron chi connectivity index (χ1n) is 8.98. The van der Waals surface area contributed by atoms with Gasteiger partial charge in [0.25, 0.3) is 0 Å². The molecule has 0 bridgehead atoms. The molecule has 0 radical (unpaired) electrons. The number of aromatic nitrogens is 2. The van der Waals surface area contributed by atoms with E-state index < -0.39 is 11.7 Å². The Hall–Kier alpha value is -3.03. The first-order valence-corrected chi connectivity index (χ1v) is 8.98. The van der Waals surface area contributed by atoms with Crippen LogP contribution in [0.5, 0.6) is 0 Å². The van der Waals surface area contributed by atoms with E-state index in [0.29, 0.717) is 18.1 Å². The number of aliphatic imine (C=N–C) groups is 1. The smallest absolute Gasteiger partial charge is 0.356 e. The number of alkyl halides is 3. The van der Waals surface area contributed by atoms with Crippen LogP contribution in [0.25, 0.3) is 11.0 Å². The minimum absolute atomic E-state index is 0.260. The average Bonchev–Trinajstić information content (AvgIpc) is 3.10. The molecule has 0 spiro atoms. The quantitative estimate of drug-likeness (QED) is 0.383. The zero-order valence-corrected chi connectivity index (χ0v) is 15.5. The van der Waals surface area contributed by atoms with E-state index in [1.165, 1.54) is 6.07 Å². The lowest BCUT2D eigenvalue weighted by molar-refractivity contribution is -0.137. The molecule has 0 saturated carbocycles. The summed E-state index contributed by atoms with van der Waals surface area (Å²) < 4.78 is 40.5. The maximum atomic E-state index is 12.8. The van der Waals surface area contributed by atoms with E-state index in [9.17, 15) is 13.2 Å². The molecule has 28 heavy (non-hydrogen) atoms. The Morgan fingerprint density at radius 1 is 1.11 bits per heavy atom. The van der Waals surface area contributed by atoms with Crippen molar-refractivity contribution in [1.82, 2.24) is 20.2 Å². The standard InChI is InChI=1S/C20H22F3N5/c1-24-19(26-13-15-6-4-7-16(12-15)20(21,22)23)25-10-5-11-28-14-27-17-8-2-3-9-18(17)28/h2-4,6-9,12,14H,5,10-11,13H2,1H3,(H2,24,25,26). The SMILES string of the molecule is CN=C(NCCCn1cnc2ccccc21)NCc1cccc(C(F)(F)F)c1. The molecule has 0 saturated heterocycles. The Morgan fingerprint density at radius 3 is 2.71 bits per heavy atom. The summed E-state index contributed by atoms with van der Waals surface area (Å²) in [6.07, 6.45) is -1.66. The van der Waals surface area contributed by atoms with Gasteiger partial charge in [-0.3, -0.25) is 4.99 Å². The molecule has 148 valence electrons. The molecule has 2 aromatic carbocycles. The van der Waals surface area contributed by atoms with Gasteiger partial charge in [0, 0.05) is 26.7 Å². The normalized spacial score (nSPS) is 12.4. The largest absolute Gasteiger partial charge is 0.416 e. The van der Waals surface area contributed by atoms with Gasteiger partial charge in [0.1, 0.15) is 0 Å². The summed E-state index contributed by atoms with van der Waals surface area (Å²) >= 11 is 0. The van der Waals surface area contributed by atoms with Crippen LogP contribution in [0.2, 0.25) is 0 Å². The van der Waals surface area contributed by atoms with Gasteiger partial charge < -0.3 is 15.2 Å². The van der Waals surface area contributed by atoms with Crippen molar-refractivity contribution in [2.45, 2.75) is 25.7 Å². The van der Waals surface area contributed by atoms with E-state index in [1.54, 1.807) is 13.1 Å². The topological polar surface area (TPSA) is 54.2 Å². The third-order valence-corrected chi connectivity index (χ3v) is 4.33. The second-order valence-electron chi connectivity index (χ2n) is 6.33. The van der Waals surface area contributed by atoms with Crippen LogP contribution < -0.4 is 10.6 Å². The Morgan fingerprint density at radius 2 is 1.93 bits per heavy atom. The number of halogens is 3. The van der Waals surface area contributed by atoms with Crippen molar-refractivity contribution < 1.29 is 13.2 Å². The zero-order chi connectivity index (χ0) is 20.0. The van der Waals surface area contributed by atoms with Crippen LogP contribution in [-0.4, -0.2) is 29.1 Å². The van der Waals surface area contributed by atoms with Gasteiger partial charge in [0.05, 0.1) is 22.9 Å². The molecule has 0 aliphatic carbocycles. The molecule has 5 nitrogen and oxygen atoms in total. The summed E-state index contributed by atoms with van der Waals surface area (Å²) in [7, 11) is 1.63. The molecule has 0 fully saturated rings. The van der Waals surface area contributed by atoms with Crippen molar-refractivity contribution in [1.29, 1.82) is 0 Å². The highest BCUT2D eigenvalue weighted by atomic mass is 19.4. The molecule has 1 aromatic heterocycles. The van der Waals surface area contributed by atoms with Gasteiger partial charge in [-0.1, -0.05) is 24.3 Å². The first-order chi connectivity index (χ1) is 13.5. The summed E-state index contributed by atoms with van der Waals surface area (Å²) in [5.74, 6) is 0.549. The predicted molar refractivity (Wildman–Crippen MR) is 104 cm³/mol. The second-order valence-corrected chi connectivity index (χ2v) is 6.33. The van der Waals surface area contributed by atoms with Gasteiger partial charge in [-0.15, -0.1) is 0 Å². The molecule has 0 aliphatic rings. The molecule has 8 heteroatoms. The third kappa shape index (κ3) is 5.03. The summed E-state index contributed by atoms with van der Waals surface area (Å²) in [5.41, 5.74) is 1.95. The number of hydrogen-bond donors (Lipinski definition) is 2. The van der Waals surface area contributed by atoms with E-state index in [0.717, 1.165) is 36.1 Å². The molecule has 2 N–H and O–H groups in total. The number of nitrogens with one attached hydrogen (secondary N) is 2. The van der Waals surface area contributed by atoms with Gasteiger partial charge in [-0.05, 0) is 36.2 Å². The minimum atomic E-state index is -4.34. The fraction of sp³-hybridized carbons (Fsp3) is 0.300. The Labute approximate surface area is 161 Å². The minimum Gasteiger partial charge on any atom is -0.356 e. The summed E-state index contributed by atoms with van der Waals surface area (Å²) in [6, 6.07) is 13.2. The Bertz CT molecular complexity index is 946. The van der Waals surface area contributed by atoms with Crippen molar-refractivity contribution in [3.8, 4) is 0 Å². The van der Waals surface area contributed by atoms with Crippen LogP contribution in [0.4, 0.5) is 13.2 Å². The molecule has 0 unspecified atom stereocenters. The van der Waals surface area contributed by atoms with E-state index in [2.05, 4.69) is 25.2 Å². The third-order valence-electron chi connectivity index (χ3n) is 4.33. The van der Waals surface area contributed by atoms with Gasteiger partial charge in [0.2, 0.25) is 0 Å². The highest BCUT2D eigenvalue weighted by Crippen LogP contribution is 2.29. The van der Waals surface area contributed by atoms with Crippen LogP contribution in [0.15, 0.2) is 59.9 Å². The Balaban J connectivity index is 1.46. The lowest BCUT2D eigenvalue weighted by Crippen LogP contribution is -2.37. The van der Waals surface area contributed by atoms with Gasteiger partial charge in [-0.25, -0.2) is 4.98 Å². The monoisotopic (exact) mass is 389 g/mol. The van der Waals surface area contributed by atoms with Crippen LogP contribution in [0, 0.1) is 0 Å². The van der Waals surface area contributed by atoms with Gasteiger partial charge in [-0.2, -0.15) is 13.2 Å². The lowest BCUT2D eigenvalue weighted by atomic mass is 10.1. The lowest BCUT2D eigenvalue weighted by Gasteiger charge is -2.13. The number of nitrogens with zero attached hydrogens (tertiary/aromatic N) is 3. The van der Waals surface area contributed by atoms with E-state index in [1.807, 2.05) is 30.6 Å². The maximum absolute atomic E-state index is 12.8. The number of fused-ring (bicyclic) bond motifs is 1. The molecular weight excluding hydrogens is 367 g/mol. The highest BCUT2D eigenvalue weighted by Gasteiger charge is 2.30. The number of rotatable bonds is 6. The summed E-state index contributed by atoms with van der Waals surface area (Å²) in [6.45, 7) is 1.74. The Kier molecular flexibility index (Phi) is 6.18. The van der Waals surface area contributed by atoms with Crippen molar-refractivity contribution >= 4 is 17.0 Å². The molecule has 0 amide bonds. The van der Waals surface area contributed by atoms with Gasteiger partial charge >= 0.3 is 6.18 Å². The fourth-order valence-corrected chi connectivity index (χ4v) is 2.91. The van der Waals surface area contributed by atoms with Crippen molar-refractivity contribution in [3.05, 3.63) is 66.0 Å². The maximum Gasteiger partial charge on any atom is 0.416 e. The molecule has 0 aliphatic heterocycles. The van der Waals surface area contributed by atoms with Crippen LogP contribution in [0.1, 0.15) is 17.5 Å².